The lowest BCUT2D eigenvalue weighted by Crippen LogP contribution is -2.34. The van der Waals surface area contributed by atoms with Crippen molar-refractivity contribution in [3.63, 3.8) is 0 Å². The van der Waals surface area contributed by atoms with Crippen molar-refractivity contribution in [3.05, 3.63) is 29.3 Å². The van der Waals surface area contributed by atoms with Crippen LogP contribution in [0.15, 0.2) is 29.2 Å². The Labute approximate surface area is 130 Å². The Morgan fingerprint density at radius 1 is 1.20 bits per heavy atom. The van der Waals surface area contributed by atoms with Crippen molar-refractivity contribution in [2.24, 2.45) is 0 Å². The predicted molar refractivity (Wildman–Crippen MR) is 85.5 cm³/mol. The molecular formula is C15H21ClN2OS. The van der Waals surface area contributed by atoms with Crippen molar-refractivity contribution in [2.45, 2.75) is 17.7 Å². The molecule has 1 aromatic carbocycles. The van der Waals surface area contributed by atoms with Crippen LogP contribution in [0.5, 0.6) is 0 Å². The molecule has 0 spiro atoms. The maximum Gasteiger partial charge on any atom is 0.223 e. The normalized spacial score (nSPS) is 17.0. The molecule has 1 aromatic rings. The predicted octanol–water partition coefficient (Wildman–Crippen LogP) is 2.99. The van der Waals surface area contributed by atoms with Gasteiger partial charge in [-0.1, -0.05) is 11.6 Å². The summed E-state index contributed by atoms with van der Waals surface area (Å²) in [7, 11) is 2.12. The van der Waals surface area contributed by atoms with Crippen molar-refractivity contribution in [3.8, 4) is 0 Å². The summed E-state index contributed by atoms with van der Waals surface area (Å²) in [4.78, 5) is 17.6. The van der Waals surface area contributed by atoms with Crippen molar-refractivity contribution in [2.75, 3.05) is 39.0 Å². The third-order valence-corrected chi connectivity index (χ3v) is 4.74. The van der Waals surface area contributed by atoms with Crippen LogP contribution in [0.4, 0.5) is 0 Å². The van der Waals surface area contributed by atoms with Crippen LogP contribution in [0.1, 0.15) is 12.8 Å². The van der Waals surface area contributed by atoms with Gasteiger partial charge < -0.3 is 9.80 Å². The second-order valence-corrected chi connectivity index (χ2v) is 6.69. The van der Waals surface area contributed by atoms with Crippen LogP contribution in [0, 0.1) is 0 Å². The number of nitrogens with zero attached hydrogens (tertiary/aromatic N) is 2. The number of rotatable bonds is 4. The lowest BCUT2D eigenvalue weighted by atomic mass is 10.3. The maximum absolute atomic E-state index is 12.2. The minimum Gasteiger partial charge on any atom is -0.341 e. The molecule has 0 aromatic heterocycles. The highest BCUT2D eigenvalue weighted by Gasteiger charge is 2.16. The first kappa shape index (κ1) is 15.7. The van der Waals surface area contributed by atoms with Gasteiger partial charge in [0.15, 0.2) is 0 Å². The number of amides is 1. The molecule has 0 aliphatic carbocycles. The largest absolute Gasteiger partial charge is 0.341 e. The third-order valence-electron chi connectivity index (χ3n) is 3.47. The van der Waals surface area contributed by atoms with Gasteiger partial charge in [0.2, 0.25) is 5.91 Å². The standard InChI is InChI=1S/C15H21ClN2OS/c1-17-8-2-9-18(11-10-17)15(19)7-12-20-14-5-3-13(16)4-6-14/h3-6H,2,7-12H2,1H3. The molecule has 1 aliphatic rings. The molecule has 1 fully saturated rings. The molecule has 0 unspecified atom stereocenters. The van der Waals surface area contributed by atoms with Crippen LogP contribution in [-0.2, 0) is 4.79 Å². The van der Waals surface area contributed by atoms with Gasteiger partial charge in [0.25, 0.3) is 0 Å². The summed E-state index contributed by atoms with van der Waals surface area (Å²) < 4.78 is 0. The lowest BCUT2D eigenvalue weighted by molar-refractivity contribution is -0.130. The molecule has 1 heterocycles. The van der Waals surface area contributed by atoms with E-state index in [0.717, 1.165) is 48.3 Å². The average Bonchev–Trinajstić information content (AvgIpc) is 2.66. The Hall–Kier alpha value is -0.710. The van der Waals surface area contributed by atoms with Gasteiger partial charge in [-0.2, -0.15) is 0 Å². The number of likely N-dealkylation sites (N-methyl/N-ethyl adjacent to an activating group) is 1. The van der Waals surface area contributed by atoms with Gasteiger partial charge in [0, 0.05) is 41.7 Å². The first-order valence-electron chi connectivity index (χ1n) is 7.00. The molecule has 3 nitrogen and oxygen atoms in total. The number of hydrogen-bond acceptors (Lipinski definition) is 3. The fourth-order valence-corrected chi connectivity index (χ4v) is 3.21. The summed E-state index contributed by atoms with van der Waals surface area (Å²) in [5, 5.41) is 0.749. The van der Waals surface area contributed by atoms with Crippen LogP contribution in [-0.4, -0.2) is 54.7 Å². The van der Waals surface area contributed by atoms with Crippen LogP contribution in [0.25, 0.3) is 0 Å². The summed E-state index contributed by atoms with van der Waals surface area (Å²) in [6.07, 6.45) is 1.68. The summed E-state index contributed by atoms with van der Waals surface area (Å²) in [6, 6.07) is 7.77. The Bertz CT molecular complexity index is 438. The smallest absolute Gasteiger partial charge is 0.223 e. The fraction of sp³-hybridized carbons (Fsp3) is 0.533. The minimum absolute atomic E-state index is 0.279. The van der Waals surface area contributed by atoms with E-state index in [1.807, 2.05) is 29.2 Å². The van der Waals surface area contributed by atoms with Crippen molar-refractivity contribution < 1.29 is 4.79 Å². The molecule has 1 aliphatic heterocycles. The first-order chi connectivity index (χ1) is 9.65. The maximum atomic E-state index is 12.2. The van der Waals surface area contributed by atoms with Crippen LogP contribution in [0.2, 0.25) is 5.02 Å². The van der Waals surface area contributed by atoms with E-state index >= 15 is 0 Å². The van der Waals surface area contributed by atoms with Crippen LogP contribution < -0.4 is 0 Å². The van der Waals surface area contributed by atoms with E-state index in [-0.39, 0.29) is 5.91 Å². The lowest BCUT2D eigenvalue weighted by Gasteiger charge is -2.20. The second-order valence-electron chi connectivity index (χ2n) is 5.09. The van der Waals surface area contributed by atoms with E-state index in [4.69, 9.17) is 11.6 Å². The molecule has 110 valence electrons. The summed E-state index contributed by atoms with van der Waals surface area (Å²) in [5.74, 6) is 1.11. The van der Waals surface area contributed by atoms with E-state index in [1.165, 1.54) is 0 Å². The van der Waals surface area contributed by atoms with Gasteiger partial charge in [-0.25, -0.2) is 0 Å². The van der Waals surface area contributed by atoms with Crippen molar-refractivity contribution in [1.29, 1.82) is 0 Å². The van der Waals surface area contributed by atoms with Gasteiger partial charge in [-0.15, -0.1) is 11.8 Å². The number of hydrogen-bond donors (Lipinski definition) is 0. The molecule has 1 amide bonds. The number of halogens is 1. The monoisotopic (exact) mass is 312 g/mol. The average molecular weight is 313 g/mol. The highest BCUT2D eigenvalue weighted by Crippen LogP contribution is 2.21. The van der Waals surface area contributed by atoms with Crippen molar-refractivity contribution in [1.82, 2.24) is 9.80 Å². The first-order valence-corrected chi connectivity index (χ1v) is 8.36. The molecule has 0 atom stereocenters. The van der Waals surface area contributed by atoms with E-state index in [9.17, 15) is 4.79 Å². The zero-order valence-electron chi connectivity index (χ0n) is 11.8. The molecular weight excluding hydrogens is 292 g/mol. The minimum atomic E-state index is 0.279. The van der Waals surface area contributed by atoms with Gasteiger partial charge >= 0.3 is 0 Å². The summed E-state index contributed by atoms with van der Waals surface area (Å²) in [6.45, 7) is 3.83. The Kier molecular flexibility index (Phi) is 6.20. The van der Waals surface area contributed by atoms with E-state index in [1.54, 1.807) is 11.8 Å². The van der Waals surface area contributed by atoms with E-state index in [2.05, 4.69) is 11.9 Å². The van der Waals surface area contributed by atoms with E-state index < -0.39 is 0 Å². The molecule has 1 saturated heterocycles. The Balaban J connectivity index is 1.73. The molecule has 20 heavy (non-hydrogen) atoms. The SMILES string of the molecule is CN1CCCN(C(=O)CCSc2ccc(Cl)cc2)CC1. The van der Waals surface area contributed by atoms with Gasteiger partial charge in [-0.05, 0) is 44.3 Å². The topological polar surface area (TPSA) is 23.6 Å². The van der Waals surface area contributed by atoms with Gasteiger partial charge in [-0.3, -0.25) is 4.79 Å². The van der Waals surface area contributed by atoms with Crippen LogP contribution >= 0.6 is 23.4 Å². The number of benzene rings is 1. The molecule has 0 bridgehead atoms. The zero-order valence-corrected chi connectivity index (χ0v) is 13.4. The molecule has 5 heteroatoms. The third kappa shape index (κ3) is 5.00. The molecule has 0 radical (unpaired) electrons. The van der Waals surface area contributed by atoms with E-state index in [0.29, 0.717) is 6.42 Å². The Morgan fingerprint density at radius 2 is 1.95 bits per heavy atom. The molecule has 0 N–H and O–H groups in total. The summed E-state index contributed by atoms with van der Waals surface area (Å²) in [5.41, 5.74) is 0. The quantitative estimate of drug-likeness (QED) is 0.799. The number of thioether (sulfide) groups is 1. The second kappa shape index (κ2) is 7.91. The molecule has 2 rings (SSSR count). The zero-order chi connectivity index (χ0) is 14.4. The highest BCUT2D eigenvalue weighted by atomic mass is 35.5. The van der Waals surface area contributed by atoms with Gasteiger partial charge in [0.1, 0.15) is 0 Å². The number of carbonyl (C=O) groups is 1. The van der Waals surface area contributed by atoms with Gasteiger partial charge in [0.05, 0.1) is 0 Å². The summed E-state index contributed by atoms with van der Waals surface area (Å²) >= 11 is 7.56. The highest BCUT2D eigenvalue weighted by molar-refractivity contribution is 7.99. The molecule has 0 saturated carbocycles. The van der Waals surface area contributed by atoms with Crippen molar-refractivity contribution >= 4 is 29.3 Å². The number of carbonyl (C=O) groups excluding carboxylic acids is 1. The van der Waals surface area contributed by atoms with Crippen LogP contribution in [0.3, 0.4) is 0 Å². The fourth-order valence-electron chi connectivity index (χ4n) is 2.24. The Morgan fingerprint density at radius 3 is 2.70 bits per heavy atom.